The Kier molecular flexibility index (Phi) is 7.77. The van der Waals surface area contributed by atoms with Gasteiger partial charge in [0, 0.05) is 29.7 Å². The van der Waals surface area contributed by atoms with Gasteiger partial charge in [0.15, 0.2) is 0 Å². The zero-order valence-corrected chi connectivity index (χ0v) is 18.7. The molecule has 28 heavy (non-hydrogen) atoms. The maximum absolute atomic E-state index is 12.9. The number of carbonyl (C=O) groups excluding carboxylic acids is 1. The first kappa shape index (κ1) is 22.5. The second-order valence-corrected chi connectivity index (χ2v) is 9.57. The minimum Gasteiger partial charge on any atom is -0.325 e. The molecule has 0 aliphatic rings. The van der Waals surface area contributed by atoms with Crippen molar-refractivity contribution in [2.75, 3.05) is 18.4 Å². The van der Waals surface area contributed by atoms with Gasteiger partial charge >= 0.3 is 0 Å². The van der Waals surface area contributed by atoms with Gasteiger partial charge in [-0.15, -0.1) is 11.3 Å². The van der Waals surface area contributed by atoms with Crippen LogP contribution in [0.25, 0.3) is 0 Å². The minimum absolute atomic E-state index is 0.0531. The highest BCUT2D eigenvalue weighted by Crippen LogP contribution is 2.24. The number of nitrogens with one attached hydrogen (secondary N) is 2. The number of nitrogens with zero attached hydrogens (tertiary/aromatic N) is 1. The van der Waals surface area contributed by atoms with E-state index in [1.54, 1.807) is 37.3 Å². The monoisotopic (exact) mass is 423 g/mol. The lowest BCUT2D eigenvalue weighted by molar-refractivity contribution is -0.117. The van der Waals surface area contributed by atoms with Crippen LogP contribution in [0, 0.1) is 6.92 Å². The molecule has 2 unspecified atom stereocenters. The molecule has 0 saturated carbocycles. The molecule has 0 fully saturated rings. The Balaban J connectivity index is 2.15. The van der Waals surface area contributed by atoms with Crippen LogP contribution in [-0.2, 0) is 14.8 Å². The summed E-state index contributed by atoms with van der Waals surface area (Å²) in [6.07, 6.45) is 0. The number of sulfonamides is 1. The number of hydrogen-bond acceptors (Lipinski definition) is 5. The predicted octanol–water partition coefficient (Wildman–Crippen LogP) is 3.76. The van der Waals surface area contributed by atoms with Crippen LogP contribution in [0.2, 0.25) is 0 Å². The van der Waals surface area contributed by atoms with Gasteiger partial charge in [0.25, 0.3) is 0 Å². The lowest BCUT2D eigenvalue weighted by Gasteiger charge is -2.21. The summed E-state index contributed by atoms with van der Waals surface area (Å²) in [6.45, 7) is 9.98. The van der Waals surface area contributed by atoms with Gasteiger partial charge in [0.05, 0.1) is 10.9 Å². The molecule has 0 saturated heterocycles. The van der Waals surface area contributed by atoms with Crippen molar-refractivity contribution in [3.63, 3.8) is 0 Å². The molecule has 2 aromatic rings. The zero-order valence-electron chi connectivity index (χ0n) is 17.0. The predicted molar refractivity (Wildman–Crippen MR) is 115 cm³/mol. The van der Waals surface area contributed by atoms with Gasteiger partial charge in [0.1, 0.15) is 0 Å². The summed E-state index contributed by atoms with van der Waals surface area (Å²) < 4.78 is 27.1. The Bertz CT molecular complexity index is 891. The third-order valence-corrected chi connectivity index (χ3v) is 7.89. The van der Waals surface area contributed by atoms with Crippen LogP contribution in [0.1, 0.15) is 44.2 Å². The van der Waals surface area contributed by atoms with Crippen LogP contribution >= 0.6 is 11.3 Å². The first-order valence-electron chi connectivity index (χ1n) is 9.41. The van der Waals surface area contributed by atoms with Crippen molar-refractivity contribution >= 4 is 33.0 Å². The van der Waals surface area contributed by atoms with E-state index < -0.39 is 16.1 Å². The SMILES string of the molecule is CCN(CC)S(=O)(=O)c1cc(NC(=O)C(C)NC(C)c2cccs2)ccc1C. The summed E-state index contributed by atoms with van der Waals surface area (Å²) in [4.78, 5) is 14.0. The molecule has 1 aromatic heterocycles. The zero-order chi connectivity index (χ0) is 20.9. The first-order chi connectivity index (χ1) is 13.2. The largest absolute Gasteiger partial charge is 0.325 e. The molecule has 1 heterocycles. The lowest BCUT2D eigenvalue weighted by Crippen LogP contribution is -2.39. The van der Waals surface area contributed by atoms with Gasteiger partial charge in [-0.05, 0) is 49.9 Å². The van der Waals surface area contributed by atoms with Crippen LogP contribution < -0.4 is 10.6 Å². The Labute approximate surface area is 172 Å². The number of benzene rings is 1. The molecule has 0 aliphatic heterocycles. The summed E-state index contributed by atoms with van der Waals surface area (Å²) in [6, 6.07) is 8.61. The molecular formula is C20H29N3O3S2. The molecule has 0 spiro atoms. The number of aryl methyl sites for hydroxylation is 1. The van der Waals surface area contributed by atoms with E-state index >= 15 is 0 Å². The highest BCUT2D eigenvalue weighted by Gasteiger charge is 2.24. The van der Waals surface area contributed by atoms with Gasteiger partial charge in [0.2, 0.25) is 15.9 Å². The van der Waals surface area contributed by atoms with Gasteiger partial charge in [-0.3, -0.25) is 10.1 Å². The minimum atomic E-state index is -3.59. The average molecular weight is 424 g/mol. The molecule has 2 rings (SSSR count). The third-order valence-electron chi connectivity index (χ3n) is 4.64. The van der Waals surface area contributed by atoms with Crippen molar-refractivity contribution in [1.29, 1.82) is 0 Å². The Hall–Kier alpha value is -1.74. The van der Waals surface area contributed by atoms with E-state index in [9.17, 15) is 13.2 Å². The van der Waals surface area contributed by atoms with Crippen molar-refractivity contribution in [2.45, 2.75) is 51.6 Å². The molecule has 6 nitrogen and oxygen atoms in total. The van der Waals surface area contributed by atoms with Gasteiger partial charge in [-0.25, -0.2) is 8.42 Å². The van der Waals surface area contributed by atoms with E-state index in [4.69, 9.17) is 0 Å². The summed E-state index contributed by atoms with van der Waals surface area (Å²) in [5.74, 6) is -0.210. The Morgan fingerprint density at radius 1 is 1.18 bits per heavy atom. The number of carbonyl (C=O) groups is 1. The van der Waals surface area contributed by atoms with Crippen LogP contribution in [0.15, 0.2) is 40.6 Å². The molecule has 0 bridgehead atoms. The van der Waals surface area contributed by atoms with E-state index in [2.05, 4.69) is 10.6 Å². The summed E-state index contributed by atoms with van der Waals surface area (Å²) in [5.41, 5.74) is 1.13. The van der Waals surface area contributed by atoms with Gasteiger partial charge < -0.3 is 5.32 Å². The standard InChI is InChI=1S/C20H29N3O3S2/c1-6-23(7-2)28(25,26)19-13-17(11-10-14(19)3)22-20(24)16(5)21-15(4)18-9-8-12-27-18/h8-13,15-16,21H,6-7H2,1-5H3,(H,22,24). The molecule has 1 aromatic carbocycles. The molecule has 2 atom stereocenters. The van der Waals surface area contributed by atoms with E-state index in [0.717, 1.165) is 4.88 Å². The first-order valence-corrected chi connectivity index (χ1v) is 11.7. The van der Waals surface area contributed by atoms with E-state index in [0.29, 0.717) is 24.3 Å². The maximum Gasteiger partial charge on any atom is 0.243 e. The van der Waals surface area contributed by atoms with Gasteiger partial charge in [-0.1, -0.05) is 26.0 Å². The number of anilines is 1. The molecule has 1 amide bonds. The fourth-order valence-electron chi connectivity index (χ4n) is 2.98. The second kappa shape index (κ2) is 9.65. The van der Waals surface area contributed by atoms with Crippen LogP contribution in [-0.4, -0.2) is 37.8 Å². The van der Waals surface area contributed by atoms with Crippen molar-refractivity contribution in [3.05, 3.63) is 46.2 Å². The fraction of sp³-hybridized carbons (Fsp3) is 0.450. The fourth-order valence-corrected chi connectivity index (χ4v) is 5.43. The molecule has 2 N–H and O–H groups in total. The molecular weight excluding hydrogens is 394 g/mol. The van der Waals surface area contributed by atoms with Crippen molar-refractivity contribution in [2.24, 2.45) is 0 Å². The number of hydrogen-bond donors (Lipinski definition) is 2. The smallest absolute Gasteiger partial charge is 0.243 e. The lowest BCUT2D eigenvalue weighted by atomic mass is 10.2. The maximum atomic E-state index is 12.9. The molecule has 0 aliphatic carbocycles. The van der Waals surface area contributed by atoms with Crippen LogP contribution in [0.4, 0.5) is 5.69 Å². The number of rotatable bonds is 9. The van der Waals surface area contributed by atoms with E-state index in [1.807, 2.05) is 38.3 Å². The quantitative estimate of drug-likeness (QED) is 0.644. The summed E-state index contributed by atoms with van der Waals surface area (Å²) in [7, 11) is -3.59. The van der Waals surface area contributed by atoms with E-state index in [-0.39, 0.29) is 16.8 Å². The summed E-state index contributed by atoms with van der Waals surface area (Å²) >= 11 is 1.64. The Morgan fingerprint density at radius 3 is 2.43 bits per heavy atom. The van der Waals surface area contributed by atoms with Gasteiger partial charge in [-0.2, -0.15) is 4.31 Å². The number of amides is 1. The molecule has 154 valence electrons. The average Bonchev–Trinajstić information content (AvgIpc) is 3.18. The highest BCUT2D eigenvalue weighted by molar-refractivity contribution is 7.89. The van der Waals surface area contributed by atoms with Crippen LogP contribution in [0.5, 0.6) is 0 Å². The highest BCUT2D eigenvalue weighted by atomic mass is 32.2. The third kappa shape index (κ3) is 5.20. The molecule has 8 heteroatoms. The van der Waals surface area contributed by atoms with Crippen LogP contribution in [0.3, 0.4) is 0 Å². The summed E-state index contributed by atoms with van der Waals surface area (Å²) in [5, 5.41) is 8.10. The second-order valence-electron chi connectivity index (χ2n) is 6.68. The van der Waals surface area contributed by atoms with Crippen molar-refractivity contribution in [1.82, 2.24) is 9.62 Å². The van der Waals surface area contributed by atoms with E-state index in [1.165, 1.54) is 10.4 Å². The molecule has 0 radical (unpaired) electrons. The Morgan fingerprint density at radius 2 is 1.86 bits per heavy atom. The van der Waals surface area contributed by atoms with Crippen molar-refractivity contribution in [3.8, 4) is 0 Å². The van der Waals surface area contributed by atoms with Crippen molar-refractivity contribution < 1.29 is 13.2 Å². The normalized spacial score (nSPS) is 14.1. The number of thiophene rings is 1. The topological polar surface area (TPSA) is 78.5 Å².